The van der Waals surface area contributed by atoms with Gasteiger partial charge >= 0.3 is 18.1 Å². The van der Waals surface area contributed by atoms with Gasteiger partial charge < -0.3 is 4.52 Å². The minimum Gasteiger partial charge on any atom is -0.335 e. The van der Waals surface area contributed by atoms with Crippen molar-refractivity contribution in [2.45, 2.75) is 26.6 Å². The van der Waals surface area contributed by atoms with Gasteiger partial charge in [0.15, 0.2) is 6.54 Å². The first-order valence-electron chi connectivity index (χ1n) is 11.1. The van der Waals surface area contributed by atoms with Crippen LogP contribution in [0, 0.1) is 19.8 Å². The molecule has 1 aromatic heterocycles. The average Bonchev–Trinajstić information content (AvgIpc) is 3.29. The molecule has 2 heterocycles. The number of hydrogen-bond acceptors (Lipinski definition) is 5. The van der Waals surface area contributed by atoms with Gasteiger partial charge in [-0.1, -0.05) is 41.6 Å². The Hall–Kier alpha value is -4.34. The number of nitrogens with zero attached hydrogens (tertiary/aromatic N) is 4. The second-order valence-electron chi connectivity index (χ2n) is 8.62. The van der Waals surface area contributed by atoms with Crippen LogP contribution >= 0.6 is 0 Å². The number of amides is 3. The Morgan fingerprint density at radius 1 is 1.03 bits per heavy atom. The molecule has 3 amide bonds. The van der Waals surface area contributed by atoms with Crippen LogP contribution in [0.15, 0.2) is 71.3 Å². The average molecular weight is 493 g/mol. The number of hydrogen-bond donors (Lipinski definition) is 0. The Labute approximate surface area is 203 Å². The molecule has 3 aromatic rings. The number of carbonyl (C=O) groups is 2. The summed E-state index contributed by atoms with van der Waals surface area (Å²) in [7, 11) is 0. The van der Waals surface area contributed by atoms with Gasteiger partial charge in [-0.15, -0.1) is 4.90 Å². The maximum atomic E-state index is 13.6. The second-order valence-corrected chi connectivity index (χ2v) is 8.62. The van der Waals surface area contributed by atoms with Crippen molar-refractivity contribution in [1.82, 2.24) is 10.1 Å². The smallest absolute Gasteiger partial charge is 0.335 e. The summed E-state index contributed by atoms with van der Waals surface area (Å²) in [5.74, 6) is -0.883. The van der Waals surface area contributed by atoms with Crippen LogP contribution in [0.2, 0.25) is 0 Å². The highest BCUT2D eigenvalue weighted by atomic mass is 19.4. The molecule has 2 aromatic carbocycles. The van der Waals surface area contributed by atoms with Crippen LogP contribution in [0.4, 0.5) is 23.7 Å². The van der Waals surface area contributed by atoms with Crippen LogP contribution in [0.3, 0.4) is 0 Å². The number of benzene rings is 2. The number of fused-ring (bicyclic) bond motifs is 1. The van der Waals surface area contributed by atoms with E-state index in [0.717, 1.165) is 28.2 Å². The maximum Gasteiger partial charge on any atom is 0.506 e. The molecule has 1 unspecified atom stereocenters. The fourth-order valence-corrected chi connectivity index (χ4v) is 4.32. The highest BCUT2D eigenvalue weighted by Crippen LogP contribution is 2.31. The highest BCUT2D eigenvalue weighted by Gasteiger charge is 2.48. The Balaban J connectivity index is 1.49. The Morgan fingerprint density at radius 2 is 1.72 bits per heavy atom. The Kier molecular flexibility index (Phi) is 5.66. The third-order valence-corrected chi connectivity index (χ3v) is 5.92. The minimum absolute atomic E-state index is 0.0715. The number of alkyl halides is 3. The van der Waals surface area contributed by atoms with E-state index in [4.69, 9.17) is 4.52 Å². The van der Waals surface area contributed by atoms with Gasteiger partial charge in [-0.05, 0) is 55.3 Å². The fraction of sp³-hybridized carbons (Fsp3) is 0.192. The number of rotatable bonds is 4. The fourth-order valence-electron chi connectivity index (χ4n) is 4.32. The molecule has 7 nitrogen and oxygen atoms in total. The van der Waals surface area contributed by atoms with Crippen molar-refractivity contribution in [2.75, 3.05) is 4.90 Å². The number of imide groups is 1. The molecular formula is C26H20F3N4O3+. The van der Waals surface area contributed by atoms with Crippen LogP contribution in [-0.4, -0.2) is 32.4 Å². The molecule has 0 N–H and O–H groups in total. The number of allylic oxidation sites excluding steroid dienone is 3. The summed E-state index contributed by atoms with van der Waals surface area (Å²) in [6, 6.07) is 9.30. The van der Waals surface area contributed by atoms with Crippen molar-refractivity contribution in [3.8, 4) is 11.4 Å². The molecule has 0 radical (unpaired) electrons. The molecule has 1 aliphatic heterocycles. The molecule has 10 heteroatoms. The van der Waals surface area contributed by atoms with Crippen molar-refractivity contribution in [1.29, 1.82) is 0 Å². The van der Waals surface area contributed by atoms with Crippen LogP contribution in [-0.2, 0) is 17.5 Å². The summed E-state index contributed by atoms with van der Waals surface area (Å²) in [5, 5.41) is 3.86. The summed E-state index contributed by atoms with van der Waals surface area (Å²) in [5.41, 5.74) is 2.30. The molecule has 182 valence electrons. The van der Waals surface area contributed by atoms with Gasteiger partial charge in [0.2, 0.25) is 5.82 Å². The summed E-state index contributed by atoms with van der Waals surface area (Å²) in [4.78, 5) is 32.3. The Bertz CT molecular complexity index is 1450. The normalized spacial score (nSPS) is 17.7. The zero-order valence-corrected chi connectivity index (χ0v) is 19.3. The van der Waals surface area contributed by atoms with Crippen LogP contribution in [0.5, 0.6) is 0 Å². The number of aryl methyl sites for hydroxylation is 2. The molecule has 0 saturated heterocycles. The lowest BCUT2D eigenvalue weighted by molar-refractivity contribution is -0.449. The van der Waals surface area contributed by atoms with E-state index in [1.54, 1.807) is 36.4 Å². The largest absolute Gasteiger partial charge is 0.506 e. The lowest BCUT2D eigenvalue weighted by atomic mass is 9.94. The number of carbonyl (C=O) groups excluding carboxylic acids is 2. The van der Waals surface area contributed by atoms with Crippen molar-refractivity contribution in [3.05, 3.63) is 89.3 Å². The molecular weight excluding hydrogens is 473 g/mol. The third-order valence-electron chi connectivity index (χ3n) is 5.92. The van der Waals surface area contributed by atoms with Crippen molar-refractivity contribution >= 4 is 23.3 Å². The molecule has 0 fully saturated rings. The van der Waals surface area contributed by atoms with Gasteiger partial charge in [0.05, 0.1) is 5.56 Å². The monoisotopic (exact) mass is 493 g/mol. The zero-order chi connectivity index (χ0) is 25.6. The molecule has 0 saturated carbocycles. The van der Waals surface area contributed by atoms with E-state index < -0.39 is 23.7 Å². The van der Waals surface area contributed by atoms with E-state index in [2.05, 4.69) is 10.1 Å². The van der Waals surface area contributed by atoms with E-state index >= 15 is 0 Å². The van der Waals surface area contributed by atoms with Gasteiger partial charge in [0.1, 0.15) is 17.3 Å². The van der Waals surface area contributed by atoms with E-state index in [1.165, 1.54) is 16.7 Å². The number of aromatic nitrogens is 2. The third kappa shape index (κ3) is 4.26. The lowest BCUT2D eigenvalue weighted by Gasteiger charge is -2.26. The summed E-state index contributed by atoms with van der Waals surface area (Å²) >= 11 is 0. The van der Waals surface area contributed by atoms with Gasteiger partial charge in [0, 0.05) is 5.56 Å². The molecule has 1 atom stereocenters. The Morgan fingerprint density at radius 3 is 2.39 bits per heavy atom. The van der Waals surface area contributed by atoms with Crippen molar-refractivity contribution < 1.29 is 31.9 Å². The van der Waals surface area contributed by atoms with Gasteiger partial charge in [-0.25, -0.2) is 4.79 Å². The quantitative estimate of drug-likeness (QED) is 0.465. The zero-order valence-electron chi connectivity index (χ0n) is 19.3. The number of anilines is 1. The predicted octanol–water partition coefficient (Wildman–Crippen LogP) is 5.23. The predicted molar refractivity (Wildman–Crippen MR) is 124 cm³/mol. The standard InChI is InChI=1S/C26H20F3N4O3/c1-15-11-16(2)13-19(12-15)33-24(34)20-5-3-4-6-21(20)32(25(33)35)14-22-30-23(31-36-22)17-7-9-18(10-8-17)26(27,28)29/h3-13,20H,14H2,1-2H3/q+1. The second kappa shape index (κ2) is 8.71. The molecule has 36 heavy (non-hydrogen) atoms. The molecule has 0 spiro atoms. The van der Waals surface area contributed by atoms with E-state index in [-0.39, 0.29) is 24.2 Å². The maximum absolute atomic E-state index is 13.6. The first kappa shape index (κ1) is 23.4. The number of urea groups is 1. The van der Waals surface area contributed by atoms with Gasteiger partial charge in [0.25, 0.3) is 5.89 Å². The van der Waals surface area contributed by atoms with Crippen LogP contribution < -0.4 is 4.90 Å². The first-order valence-corrected chi connectivity index (χ1v) is 11.1. The molecule has 2 aliphatic rings. The van der Waals surface area contributed by atoms with E-state index in [9.17, 15) is 22.8 Å². The lowest BCUT2D eigenvalue weighted by Crippen LogP contribution is -2.54. The summed E-state index contributed by atoms with van der Waals surface area (Å²) in [6.45, 7) is 3.65. The number of halogens is 3. The van der Waals surface area contributed by atoms with Crippen molar-refractivity contribution in [2.24, 2.45) is 5.92 Å². The molecule has 5 rings (SSSR count). The SMILES string of the molecule is Cc1cc(C)cc(N2C(=O)C3C=CC=CC3=[N+](Cc3nc(-c4ccc(C(F)(F)F)cc4)no3)C2=O)c1. The van der Waals surface area contributed by atoms with E-state index in [0.29, 0.717) is 17.0 Å². The molecule has 1 aliphatic carbocycles. The van der Waals surface area contributed by atoms with E-state index in [1.807, 2.05) is 19.9 Å². The molecule has 0 bridgehead atoms. The summed E-state index contributed by atoms with van der Waals surface area (Å²) < 4.78 is 45.3. The van der Waals surface area contributed by atoms with Crippen LogP contribution in [0.1, 0.15) is 22.6 Å². The topological polar surface area (TPSA) is 79.3 Å². The van der Waals surface area contributed by atoms with Crippen LogP contribution in [0.25, 0.3) is 11.4 Å². The highest BCUT2D eigenvalue weighted by molar-refractivity contribution is 6.25. The summed E-state index contributed by atoms with van der Waals surface area (Å²) in [6.07, 6.45) is 2.42. The minimum atomic E-state index is -4.45. The first-order chi connectivity index (χ1) is 17.1. The van der Waals surface area contributed by atoms with Gasteiger partial charge in [-0.2, -0.15) is 27.5 Å². The van der Waals surface area contributed by atoms with Crippen molar-refractivity contribution in [3.63, 3.8) is 0 Å². The van der Waals surface area contributed by atoms with Gasteiger partial charge in [-0.3, -0.25) is 0 Å².